The van der Waals surface area contributed by atoms with Crippen LogP contribution < -0.4 is 10.5 Å². The molecular weight excluding hydrogens is 250 g/mol. The Hall–Kier alpha value is -2.07. The third-order valence-corrected chi connectivity index (χ3v) is 2.74. The lowest BCUT2D eigenvalue weighted by Gasteiger charge is -2.12. The maximum atomic E-state index is 7.53. The summed E-state index contributed by atoms with van der Waals surface area (Å²) in [6.07, 6.45) is 1.69. The monoisotopic (exact) mass is 261 g/mol. The maximum Gasteiger partial charge on any atom is 0.148 e. The van der Waals surface area contributed by atoms with Crippen LogP contribution in [0.1, 0.15) is 11.3 Å². The summed E-state index contributed by atoms with van der Waals surface area (Å²) in [5.74, 6) is 0.936. The Morgan fingerprint density at radius 2 is 2.00 bits per heavy atom. The van der Waals surface area contributed by atoms with Crippen LogP contribution >= 0.6 is 11.6 Å². The Balaban J connectivity index is 2.44. The van der Waals surface area contributed by atoms with Gasteiger partial charge < -0.3 is 10.5 Å². The van der Waals surface area contributed by atoms with Crippen LogP contribution in [0.2, 0.25) is 5.02 Å². The number of rotatable bonds is 3. The molecule has 1 heterocycles. The number of nitrogens with two attached hydrogens (primary N) is 1. The minimum atomic E-state index is -0.128. The van der Waals surface area contributed by atoms with Gasteiger partial charge >= 0.3 is 0 Å². The van der Waals surface area contributed by atoms with Gasteiger partial charge in [0, 0.05) is 6.20 Å². The lowest BCUT2D eigenvalue weighted by molar-refractivity contribution is 0.474. The molecule has 0 fully saturated rings. The van der Waals surface area contributed by atoms with Gasteiger partial charge in [0.1, 0.15) is 17.3 Å². The smallest absolute Gasteiger partial charge is 0.148 e. The number of halogens is 1. The Morgan fingerprint density at radius 3 is 2.67 bits per heavy atom. The largest absolute Gasteiger partial charge is 0.455 e. The summed E-state index contributed by atoms with van der Waals surface area (Å²) in [6, 6.07) is 8.71. The summed E-state index contributed by atoms with van der Waals surface area (Å²) in [4.78, 5) is 4.13. The molecule has 0 aliphatic rings. The van der Waals surface area contributed by atoms with Crippen LogP contribution in [-0.2, 0) is 0 Å². The molecule has 0 aliphatic heterocycles. The standard InChI is InChI=1S/C13H12ClN3O/c1-8-10(6-3-7-17-8)18-11-5-2-4-9(14)12(11)13(15)16/h2-7H,1H3,(H3,15,16). The quantitative estimate of drug-likeness (QED) is 0.659. The van der Waals surface area contributed by atoms with Crippen LogP contribution in [-0.4, -0.2) is 10.8 Å². The molecule has 0 amide bonds. The van der Waals surface area contributed by atoms with Gasteiger partial charge in [-0.1, -0.05) is 17.7 Å². The topological polar surface area (TPSA) is 72.0 Å². The average Bonchev–Trinajstić information content (AvgIpc) is 2.31. The Morgan fingerprint density at radius 1 is 1.28 bits per heavy atom. The predicted octanol–water partition coefficient (Wildman–Crippen LogP) is 3.12. The molecule has 18 heavy (non-hydrogen) atoms. The van der Waals surface area contributed by atoms with Crippen LogP contribution in [0.15, 0.2) is 36.5 Å². The number of hydrogen-bond donors (Lipinski definition) is 2. The SMILES string of the molecule is Cc1ncccc1Oc1cccc(Cl)c1C(=N)N. The molecule has 2 aromatic rings. The number of amidine groups is 1. The van der Waals surface area contributed by atoms with E-state index in [9.17, 15) is 0 Å². The van der Waals surface area contributed by atoms with Crippen LogP contribution in [0.5, 0.6) is 11.5 Å². The van der Waals surface area contributed by atoms with Crippen LogP contribution in [0.25, 0.3) is 0 Å². The van der Waals surface area contributed by atoms with Gasteiger partial charge in [0.05, 0.1) is 16.3 Å². The van der Waals surface area contributed by atoms with Crippen LogP contribution in [0.4, 0.5) is 0 Å². The lowest BCUT2D eigenvalue weighted by Crippen LogP contribution is -2.13. The van der Waals surface area contributed by atoms with E-state index in [1.165, 1.54) is 0 Å². The van der Waals surface area contributed by atoms with E-state index in [0.29, 0.717) is 22.1 Å². The fourth-order valence-electron chi connectivity index (χ4n) is 1.55. The Labute approximate surface area is 110 Å². The summed E-state index contributed by atoms with van der Waals surface area (Å²) in [5.41, 5.74) is 6.66. The first kappa shape index (κ1) is 12.4. The van der Waals surface area contributed by atoms with Crippen molar-refractivity contribution < 1.29 is 4.74 Å². The van der Waals surface area contributed by atoms with E-state index in [4.69, 9.17) is 27.5 Å². The van der Waals surface area contributed by atoms with Gasteiger partial charge in [-0.15, -0.1) is 0 Å². The van der Waals surface area contributed by atoms with Gasteiger partial charge in [0.15, 0.2) is 0 Å². The minimum absolute atomic E-state index is 0.128. The predicted molar refractivity (Wildman–Crippen MR) is 71.5 cm³/mol. The molecule has 0 radical (unpaired) electrons. The molecule has 4 nitrogen and oxygen atoms in total. The normalized spacial score (nSPS) is 10.1. The molecule has 0 atom stereocenters. The number of nitrogen functional groups attached to an aromatic ring is 1. The first-order valence-corrected chi connectivity index (χ1v) is 5.70. The van der Waals surface area contributed by atoms with Gasteiger partial charge in [0.25, 0.3) is 0 Å². The number of nitrogens with one attached hydrogen (secondary N) is 1. The van der Waals surface area contributed by atoms with Crippen molar-refractivity contribution in [3.63, 3.8) is 0 Å². The van der Waals surface area contributed by atoms with Gasteiger partial charge in [-0.2, -0.15) is 0 Å². The second kappa shape index (κ2) is 5.06. The molecular formula is C13H12ClN3O. The highest BCUT2D eigenvalue weighted by atomic mass is 35.5. The number of aromatic nitrogens is 1. The number of pyridine rings is 1. The Bertz CT molecular complexity index is 599. The molecule has 1 aromatic carbocycles. The van der Waals surface area contributed by atoms with Crippen molar-refractivity contribution in [3.8, 4) is 11.5 Å². The average molecular weight is 262 g/mol. The van der Waals surface area contributed by atoms with Gasteiger partial charge in [-0.25, -0.2) is 0 Å². The molecule has 5 heteroatoms. The van der Waals surface area contributed by atoms with Crippen molar-refractivity contribution in [2.45, 2.75) is 6.92 Å². The van der Waals surface area contributed by atoms with Gasteiger partial charge in [-0.3, -0.25) is 10.4 Å². The number of ether oxygens (including phenoxy) is 1. The fourth-order valence-corrected chi connectivity index (χ4v) is 1.81. The summed E-state index contributed by atoms with van der Waals surface area (Å²) < 4.78 is 5.71. The zero-order valence-electron chi connectivity index (χ0n) is 9.77. The van der Waals surface area contributed by atoms with E-state index in [1.54, 1.807) is 36.5 Å². The van der Waals surface area contributed by atoms with E-state index in [-0.39, 0.29) is 5.84 Å². The van der Waals surface area contributed by atoms with Crippen LogP contribution in [0, 0.1) is 12.3 Å². The van der Waals surface area contributed by atoms with Crippen LogP contribution in [0.3, 0.4) is 0 Å². The molecule has 0 spiro atoms. The molecule has 1 aromatic heterocycles. The highest BCUT2D eigenvalue weighted by Crippen LogP contribution is 2.30. The molecule has 0 aliphatic carbocycles. The van der Waals surface area contributed by atoms with E-state index < -0.39 is 0 Å². The first-order chi connectivity index (χ1) is 8.59. The van der Waals surface area contributed by atoms with Crippen molar-refractivity contribution in [2.75, 3.05) is 0 Å². The molecule has 2 rings (SSSR count). The molecule has 0 bridgehead atoms. The molecule has 0 saturated carbocycles. The summed E-state index contributed by atoms with van der Waals surface area (Å²) in [6.45, 7) is 1.84. The zero-order valence-corrected chi connectivity index (χ0v) is 10.5. The van der Waals surface area contributed by atoms with Gasteiger partial charge in [-0.05, 0) is 31.2 Å². The number of hydrogen-bond acceptors (Lipinski definition) is 3. The Kier molecular flexibility index (Phi) is 3.48. The summed E-state index contributed by atoms with van der Waals surface area (Å²) >= 11 is 6.01. The zero-order chi connectivity index (χ0) is 13.1. The molecule has 3 N–H and O–H groups in total. The fraction of sp³-hybridized carbons (Fsp3) is 0.0769. The number of nitrogens with zero attached hydrogens (tertiary/aromatic N) is 1. The summed E-state index contributed by atoms with van der Waals surface area (Å²) in [7, 11) is 0. The molecule has 0 saturated heterocycles. The highest BCUT2D eigenvalue weighted by molar-refractivity contribution is 6.34. The number of benzene rings is 1. The molecule has 0 unspecified atom stereocenters. The minimum Gasteiger partial charge on any atom is -0.455 e. The van der Waals surface area contributed by atoms with Crippen molar-refractivity contribution in [1.82, 2.24) is 4.98 Å². The number of aryl methyl sites for hydroxylation is 1. The highest BCUT2D eigenvalue weighted by Gasteiger charge is 2.12. The second-order valence-corrected chi connectivity index (χ2v) is 4.12. The van der Waals surface area contributed by atoms with E-state index in [1.807, 2.05) is 6.92 Å². The van der Waals surface area contributed by atoms with E-state index in [2.05, 4.69) is 4.98 Å². The van der Waals surface area contributed by atoms with Crippen molar-refractivity contribution in [3.05, 3.63) is 52.8 Å². The third kappa shape index (κ3) is 2.43. The third-order valence-electron chi connectivity index (χ3n) is 2.42. The van der Waals surface area contributed by atoms with E-state index in [0.717, 1.165) is 5.69 Å². The maximum absolute atomic E-state index is 7.53. The second-order valence-electron chi connectivity index (χ2n) is 3.72. The van der Waals surface area contributed by atoms with Crippen molar-refractivity contribution in [2.24, 2.45) is 5.73 Å². The first-order valence-electron chi connectivity index (χ1n) is 5.32. The van der Waals surface area contributed by atoms with Gasteiger partial charge in [0.2, 0.25) is 0 Å². The molecule has 92 valence electrons. The lowest BCUT2D eigenvalue weighted by atomic mass is 10.2. The van der Waals surface area contributed by atoms with Crippen molar-refractivity contribution in [1.29, 1.82) is 5.41 Å². The van der Waals surface area contributed by atoms with E-state index >= 15 is 0 Å². The van der Waals surface area contributed by atoms with Crippen molar-refractivity contribution >= 4 is 17.4 Å². The summed E-state index contributed by atoms with van der Waals surface area (Å²) in [5, 5.41) is 7.92.